The Labute approximate surface area is 130 Å². The molecule has 0 atom stereocenters. The van der Waals surface area contributed by atoms with Crippen molar-refractivity contribution in [1.29, 1.82) is 0 Å². The molecule has 118 valence electrons. The van der Waals surface area contributed by atoms with Crippen molar-refractivity contribution in [3.8, 4) is 0 Å². The van der Waals surface area contributed by atoms with E-state index < -0.39 is 0 Å². The van der Waals surface area contributed by atoms with E-state index in [4.69, 9.17) is 0 Å². The van der Waals surface area contributed by atoms with Crippen LogP contribution < -0.4 is 5.69 Å². The second kappa shape index (κ2) is 5.04. The molecule has 0 bridgehead atoms. The predicted molar refractivity (Wildman–Crippen MR) is 80.4 cm³/mol. The topological polar surface area (TPSA) is 90.8 Å². The van der Waals surface area contributed by atoms with Gasteiger partial charge in [0.1, 0.15) is 12.1 Å². The molecule has 1 aromatic carbocycles. The average Bonchev–Trinajstić information content (AvgIpc) is 3.09. The number of rotatable bonds is 2. The smallest absolute Gasteiger partial charge is 0.332 e. The Morgan fingerprint density at radius 1 is 1.26 bits per heavy atom. The van der Waals surface area contributed by atoms with E-state index >= 15 is 0 Å². The standard InChI is InChI=1S/C14H15N7O2/c1-18-14(23)20-7-6-19(8-12(20)16-18)13(22)9-21-11-5-3-2-4-10(11)15-17-21/h2-5H,6-9H2,1H3. The zero-order chi connectivity index (χ0) is 16.0. The molecule has 0 saturated heterocycles. The molecule has 0 aliphatic carbocycles. The minimum absolute atomic E-state index is 0.0648. The summed E-state index contributed by atoms with van der Waals surface area (Å²) in [5.41, 5.74) is 1.44. The van der Waals surface area contributed by atoms with Crippen LogP contribution >= 0.6 is 0 Å². The van der Waals surface area contributed by atoms with E-state index in [0.29, 0.717) is 25.5 Å². The summed E-state index contributed by atoms with van der Waals surface area (Å²) in [6.07, 6.45) is 0. The fourth-order valence-electron chi connectivity index (χ4n) is 2.84. The van der Waals surface area contributed by atoms with Crippen molar-refractivity contribution in [2.24, 2.45) is 7.05 Å². The van der Waals surface area contributed by atoms with Gasteiger partial charge in [-0.2, -0.15) is 5.10 Å². The molecule has 2 aromatic heterocycles. The lowest BCUT2D eigenvalue weighted by molar-refractivity contribution is -0.133. The molecule has 0 radical (unpaired) electrons. The van der Waals surface area contributed by atoms with Gasteiger partial charge in [0.05, 0.1) is 12.1 Å². The van der Waals surface area contributed by atoms with Crippen molar-refractivity contribution in [2.75, 3.05) is 6.54 Å². The zero-order valence-electron chi connectivity index (χ0n) is 12.6. The molecule has 1 aliphatic rings. The van der Waals surface area contributed by atoms with Gasteiger partial charge in [-0.1, -0.05) is 17.3 Å². The van der Waals surface area contributed by atoms with E-state index in [1.165, 1.54) is 4.68 Å². The lowest BCUT2D eigenvalue weighted by Gasteiger charge is -2.26. The SMILES string of the molecule is Cn1nc2n(c1=O)CCN(C(=O)Cn1nnc3ccccc31)C2. The highest BCUT2D eigenvalue weighted by atomic mass is 16.2. The summed E-state index contributed by atoms with van der Waals surface area (Å²) in [6, 6.07) is 7.51. The summed E-state index contributed by atoms with van der Waals surface area (Å²) < 4.78 is 4.50. The van der Waals surface area contributed by atoms with Crippen molar-refractivity contribution in [1.82, 2.24) is 34.2 Å². The Balaban J connectivity index is 1.55. The first kappa shape index (κ1) is 13.7. The second-order valence-electron chi connectivity index (χ2n) is 5.53. The third kappa shape index (κ3) is 2.20. The van der Waals surface area contributed by atoms with Gasteiger partial charge in [0.25, 0.3) is 0 Å². The number of nitrogens with zero attached hydrogens (tertiary/aromatic N) is 7. The van der Waals surface area contributed by atoms with Crippen LogP contribution in [0.15, 0.2) is 29.1 Å². The number of amides is 1. The van der Waals surface area contributed by atoms with Crippen LogP contribution in [-0.4, -0.2) is 46.7 Å². The maximum atomic E-state index is 12.5. The highest BCUT2D eigenvalue weighted by Crippen LogP contribution is 2.12. The third-order valence-electron chi connectivity index (χ3n) is 4.07. The fourth-order valence-corrected chi connectivity index (χ4v) is 2.84. The summed E-state index contributed by atoms with van der Waals surface area (Å²) in [7, 11) is 1.61. The van der Waals surface area contributed by atoms with E-state index in [9.17, 15) is 9.59 Å². The monoisotopic (exact) mass is 313 g/mol. The van der Waals surface area contributed by atoms with Crippen LogP contribution in [0.2, 0.25) is 0 Å². The lowest BCUT2D eigenvalue weighted by atomic mass is 10.3. The molecular formula is C14H15N7O2. The maximum absolute atomic E-state index is 12.5. The van der Waals surface area contributed by atoms with Crippen molar-refractivity contribution in [3.63, 3.8) is 0 Å². The predicted octanol–water partition coefficient (Wildman–Crippen LogP) is -0.631. The molecule has 1 aliphatic heterocycles. The molecule has 1 amide bonds. The molecular weight excluding hydrogens is 298 g/mol. The Morgan fingerprint density at radius 3 is 2.96 bits per heavy atom. The van der Waals surface area contributed by atoms with Crippen LogP contribution in [0.5, 0.6) is 0 Å². The Bertz CT molecular complexity index is 952. The molecule has 9 nitrogen and oxygen atoms in total. The third-order valence-corrected chi connectivity index (χ3v) is 4.07. The largest absolute Gasteiger partial charge is 0.345 e. The van der Waals surface area contributed by atoms with Crippen molar-refractivity contribution in [3.05, 3.63) is 40.6 Å². The summed E-state index contributed by atoms with van der Waals surface area (Å²) in [5.74, 6) is 0.547. The second-order valence-corrected chi connectivity index (χ2v) is 5.53. The van der Waals surface area contributed by atoms with E-state index in [1.807, 2.05) is 24.3 Å². The van der Waals surface area contributed by atoms with Gasteiger partial charge in [-0.25, -0.2) is 14.2 Å². The number of aryl methyl sites for hydroxylation is 1. The fraction of sp³-hybridized carbons (Fsp3) is 0.357. The molecule has 0 fully saturated rings. The van der Waals surface area contributed by atoms with Gasteiger partial charge < -0.3 is 4.90 Å². The van der Waals surface area contributed by atoms with E-state index in [1.54, 1.807) is 21.2 Å². The summed E-state index contributed by atoms with van der Waals surface area (Å²) in [4.78, 5) is 26.0. The summed E-state index contributed by atoms with van der Waals surface area (Å²) in [5, 5.41) is 12.3. The summed E-state index contributed by atoms with van der Waals surface area (Å²) in [6.45, 7) is 1.41. The van der Waals surface area contributed by atoms with Gasteiger partial charge in [0, 0.05) is 20.1 Å². The van der Waals surface area contributed by atoms with Gasteiger partial charge in [0.2, 0.25) is 5.91 Å². The number of fused-ring (bicyclic) bond motifs is 2. The zero-order valence-corrected chi connectivity index (χ0v) is 12.6. The molecule has 0 unspecified atom stereocenters. The van der Waals surface area contributed by atoms with Gasteiger partial charge in [0.15, 0.2) is 5.82 Å². The van der Waals surface area contributed by atoms with E-state index in [-0.39, 0.29) is 18.1 Å². The first-order chi connectivity index (χ1) is 11.1. The Kier molecular flexibility index (Phi) is 3.00. The lowest BCUT2D eigenvalue weighted by Crippen LogP contribution is -2.42. The number of hydrogen-bond donors (Lipinski definition) is 0. The summed E-state index contributed by atoms with van der Waals surface area (Å²) >= 11 is 0. The van der Waals surface area contributed by atoms with Crippen LogP contribution in [0.3, 0.4) is 0 Å². The molecule has 0 N–H and O–H groups in total. The molecule has 23 heavy (non-hydrogen) atoms. The number of para-hydroxylation sites is 1. The number of benzene rings is 1. The molecule has 3 aromatic rings. The van der Waals surface area contributed by atoms with Gasteiger partial charge >= 0.3 is 5.69 Å². The van der Waals surface area contributed by atoms with Gasteiger partial charge in [-0.05, 0) is 12.1 Å². The van der Waals surface area contributed by atoms with Crippen LogP contribution in [0.25, 0.3) is 11.0 Å². The van der Waals surface area contributed by atoms with Crippen LogP contribution in [0.1, 0.15) is 5.82 Å². The number of carbonyl (C=O) groups excluding carboxylic acids is 1. The van der Waals surface area contributed by atoms with Crippen molar-refractivity contribution in [2.45, 2.75) is 19.6 Å². The normalized spacial score (nSPS) is 14.2. The quantitative estimate of drug-likeness (QED) is 0.628. The van der Waals surface area contributed by atoms with Gasteiger partial charge in [-0.3, -0.25) is 9.36 Å². The first-order valence-electron chi connectivity index (χ1n) is 7.32. The maximum Gasteiger partial charge on any atom is 0.345 e. The highest BCUT2D eigenvalue weighted by Gasteiger charge is 2.24. The molecule has 9 heteroatoms. The van der Waals surface area contributed by atoms with E-state index in [2.05, 4.69) is 15.4 Å². The number of carbonyl (C=O) groups is 1. The minimum atomic E-state index is -0.144. The molecule has 0 spiro atoms. The van der Waals surface area contributed by atoms with Crippen LogP contribution in [-0.2, 0) is 31.5 Å². The molecule has 4 rings (SSSR count). The van der Waals surface area contributed by atoms with E-state index in [0.717, 1.165) is 11.0 Å². The Morgan fingerprint density at radius 2 is 2.09 bits per heavy atom. The van der Waals surface area contributed by atoms with Crippen LogP contribution in [0.4, 0.5) is 0 Å². The highest BCUT2D eigenvalue weighted by molar-refractivity contribution is 5.79. The first-order valence-corrected chi connectivity index (χ1v) is 7.32. The van der Waals surface area contributed by atoms with Crippen LogP contribution in [0, 0.1) is 0 Å². The Hall–Kier alpha value is -2.97. The molecule has 0 saturated carbocycles. The minimum Gasteiger partial charge on any atom is -0.332 e. The molecule has 3 heterocycles. The van der Waals surface area contributed by atoms with Gasteiger partial charge in [-0.15, -0.1) is 5.10 Å². The van der Waals surface area contributed by atoms with Crippen molar-refractivity contribution >= 4 is 16.9 Å². The number of hydrogen-bond acceptors (Lipinski definition) is 5. The average molecular weight is 313 g/mol. The number of aromatic nitrogens is 6. The van der Waals surface area contributed by atoms with Crippen molar-refractivity contribution < 1.29 is 4.79 Å².